The van der Waals surface area contributed by atoms with Crippen molar-refractivity contribution in [1.29, 1.82) is 0 Å². The SMILES string of the molecule is C[C@@H](Nc1nc(-c2noc(=O)[nH]2)nc2nc(C(O)(CO)c3ccccc3)n(C[C@H]3CC[C@H](C)CC3)c12)C1CCC1. The molecule has 0 spiro atoms. The molecule has 1 unspecified atom stereocenters. The Kier molecular flexibility index (Phi) is 7.18. The zero-order valence-corrected chi connectivity index (χ0v) is 23.0. The number of nitrogens with zero attached hydrogens (tertiary/aromatic N) is 5. The molecule has 11 nitrogen and oxygen atoms in total. The number of aromatic amines is 1. The summed E-state index contributed by atoms with van der Waals surface area (Å²) in [5.41, 5.74) is -0.211. The van der Waals surface area contributed by atoms with Crippen LogP contribution in [0.5, 0.6) is 0 Å². The maximum absolute atomic E-state index is 12.0. The van der Waals surface area contributed by atoms with Crippen LogP contribution in [0.25, 0.3) is 22.8 Å². The number of aliphatic hydroxyl groups is 2. The normalized spacial score (nSPS) is 22.1. The highest BCUT2D eigenvalue weighted by atomic mass is 16.5. The topological polar surface area (TPSA) is 155 Å². The Bertz CT molecular complexity index is 1520. The van der Waals surface area contributed by atoms with Gasteiger partial charge >= 0.3 is 5.76 Å². The number of aliphatic hydroxyl groups excluding tert-OH is 1. The number of H-pyrrole nitrogens is 1. The zero-order chi connectivity index (χ0) is 27.9. The molecule has 0 bridgehead atoms. The van der Waals surface area contributed by atoms with Gasteiger partial charge in [-0.3, -0.25) is 9.51 Å². The van der Waals surface area contributed by atoms with Crippen LogP contribution >= 0.6 is 0 Å². The van der Waals surface area contributed by atoms with Gasteiger partial charge in [0.1, 0.15) is 5.52 Å². The largest absolute Gasteiger partial charge is 0.439 e. The summed E-state index contributed by atoms with van der Waals surface area (Å²) in [7, 11) is 0. The third-order valence-electron chi connectivity index (χ3n) is 8.90. The molecule has 0 saturated heterocycles. The Balaban J connectivity index is 1.55. The fourth-order valence-electron chi connectivity index (χ4n) is 6.11. The summed E-state index contributed by atoms with van der Waals surface area (Å²) >= 11 is 0. The van der Waals surface area contributed by atoms with Crippen molar-refractivity contribution in [2.24, 2.45) is 17.8 Å². The number of benzene rings is 1. The molecule has 11 heteroatoms. The second-order valence-corrected chi connectivity index (χ2v) is 11.7. The minimum atomic E-state index is -1.76. The maximum Gasteiger partial charge on any atom is 0.439 e. The van der Waals surface area contributed by atoms with Gasteiger partial charge in [-0.15, -0.1) is 0 Å². The number of rotatable bonds is 9. The quantitative estimate of drug-likeness (QED) is 0.245. The van der Waals surface area contributed by atoms with E-state index in [9.17, 15) is 15.0 Å². The highest BCUT2D eigenvalue weighted by Crippen LogP contribution is 2.38. The van der Waals surface area contributed by atoms with Gasteiger partial charge in [-0.25, -0.2) is 19.7 Å². The minimum Gasteiger partial charge on any atom is -0.393 e. The molecule has 0 amide bonds. The van der Waals surface area contributed by atoms with Crippen LogP contribution in [0.4, 0.5) is 5.82 Å². The smallest absolute Gasteiger partial charge is 0.393 e. The molecule has 2 saturated carbocycles. The van der Waals surface area contributed by atoms with Crippen molar-refractivity contribution in [2.45, 2.75) is 77.0 Å². The molecule has 3 aromatic heterocycles. The number of imidazole rings is 1. The Morgan fingerprint density at radius 2 is 1.88 bits per heavy atom. The molecule has 40 heavy (non-hydrogen) atoms. The second-order valence-electron chi connectivity index (χ2n) is 11.7. The lowest BCUT2D eigenvalue weighted by atomic mass is 9.80. The van der Waals surface area contributed by atoms with E-state index in [0.717, 1.165) is 38.5 Å². The predicted octanol–water partition coefficient (Wildman–Crippen LogP) is 3.82. The fourth-order valence-corrected chi connectivity index (χ4v) is 6.11. The van der Waals surface area contributed by atoms with Crippen LogP contribution in [0, 0.1) is 17.8 Å². The average molecular weight is 548 g/mol. The van der Waals surface area contributed by atoms with Gasteiger partial charge in [-0.1, -0.05) is 61.7 Å². The molecule has 4 aromatic rings. The van der Waals surface area contributed by atoms with E-state index in [1.54, 1.807) is 12.1 Å². The highest BCUT2D eigenvalue weighted by Gasteiger charge is 2.39. The number of nitrogens with one attached hydrogen (secondary N) is 2. The van der Waals surface area contributed by atoms with E-state index in [4.69, 9.17) is 14.5 Å². The van der Waals surface area contributed by atoms with Crippen molar-refractivity contribution in [1.82, 2.24) is 29.7 Å². The first-order valence-electron chi connectivity index (χ1n) is 14.4. The molecule has 0 aliphatic heterocycles. The minimum absolute atomic E-state index is 0.101. The van der Waals surface area contributed by atoms with Crippen LogP contribution in [0.2, 0.25) is 0 Å². The molecule has 3 heterocycles. The number of hydrogen-bond acceptors (Lipinski definition) is 9. The van der Waals surface area contributed by atoms with E-state index in [1.807, 2.05) is 22.8 Å². The van der Waals surface area contributed by atoms with Gasteiger partial charge in [0.2, 0.25) is 11.6 Å². The maximum atomic E-state index is 12.0. The Labute approximate surface area is 232 Å². The Morgan fingerprint density at radius 1 is 1.12 bits per heavy atom. The van der Waals surface area contributed by atoms with Crippen LogP contribution in [0.15, 0.2) is 39.6 Å². The van der Waals surface area contributed by atoms with Crippen molar-refractivity contribution in [3.63, 3.8) is 0 Å². The first-order chi connectivity index (χ1) is 19.4. The van der Waals surface area contributed by atoms with Crippen molar-refractivity contribution in [3.8, 4) is 11.6 Å². The van der Waals surface area contributed by atoms with Crippen LogP contribution in [0.1, 0.15) is 70.2 Å². The van der Waals surface area contributed by atoms with Crippen molar-refractivity contribution >= 4 is 17.0 Å². The number of aromatic nitrogens is 6. The van der Waals surface area contributed by atoms with Crippen LogP contribution in [-0.4, -0.2) is 52.5 Å². The molecule has 2 aliphatic rings. The molecule has 2 fully saturated rings. The molecule has 2 atom stereocenters. The Morgan fingerprint density at radius 3 is 2.50 bits per heavy atom. The van der Waals surface area contributed by atoms with E-state index in [0.29, 0.717) is 52.7 Å². The molecule has 2 aliphatic carbocycles. The van der Waals surface area contributed by atoms with E-state index in [2.05, 4.69) is 34.3 Å². The van der Waals surface area contributed by atoms with Gasteiger partial charge in [0.05, 0.1) is 6.61 Å². The van der Waals surface area contributed by atoms with Gasteiger partial charge in [0.15, 0.2) is 22.9 Å². The second kappa shape index (κ2) is 10.8. The third-order valence-corrected chi connectivity index (χ3v) is 8.90. The van der Waals surface area contributed by atoms with E-state index in [1.165, 1.54) is 6.42 Å². The first kappa shape index (κ1) is 26.6. The molecule has 4 N–H and O–H groups in total. The lowest BCUT2D eigenvalue weighted by molar-refractivity contribution is 0.00664. The Hall–Kier alpha value is -3.57. The lowest BCUT2D eigenvalue weighted by Gasteiger charge is -2.33. The summed E-state index contributed by atoms with van der Waals surface area (Å²) in [5.74, 6) is 2.04. The molecule has 1 aromatic carbocycles. The van der Waals surface area contributed by atoms with Crippen LogP contribution < -0.4 is 11.1 Å². The van der Waals surface area contributed by atoms with Gasteiger partial charge in [0, 0.05) is 12.6 Å². The summed E-state index contributed by atoms with van der Waals surface area (Å²) in [4.78, 5) is 28.6. The number of anilines is 1. The summed E-state index contributed by atoms with van der Waals surface area (Å²) in [6.45, 7) is 4.50. The standard InChI is InChI=1S/C29H37N7O4/c1-17-11-13-19(14-12-17)15-36-22-23(30-18(2)20-7-6-8-20)31-25(26-34-28(38)40-35-26)32-24(22)33-27(36)29(39,16-37)21-9-4-3-5-10-21/h3-5,9-10,17-20,37,39H,6-8,11-16H2,1-2H3,(H,30,31,32)(H,34,35,38)/t17-,18-,19-,29?/m1/s1. The van der Waals surface area contributed by atoms with Gasteiger partial charge < -0.3 is 20.1 Å². The summed E-state index contributed by atoms with van der Waals surface area (Å²) in [6, 6.07) is 9.25. The number of fused-ring (bicyclic) bond motifs is 1. The fraction of sp³-hybridized carbons (Fsp3) is 0.552. The summed E-state index contributed by atoms with van der Waals surface area (Å²) < 4.78 is 6.73. The van der Waals surface area contributed by atoms with E-state index < -0.39 is 18.0 Å². The summed E-state index contributed by atoms with van der Waals surface area (Å²) in [6.07, 6.45) is 7.96. The highest BCUT2D eigenvalue weighted by molar-refractivity contribution is 5.86. The molecular weight excluding hydrogens is 510 g/mol. The van der Waals surface area contributed by atoms with E-state index in [-0.39, 0.29) is 17.7 Å². The predicted molar refractivity (Wildman–Crippen MR) is 150 cm³/mol. The van der Waals surface area contributed by atoms with Crippen LogP contribution in [0.3, 0.4) is 0 Å². The number of hydrogen-bond donors (Lipinski definition) is 4. The average Bonchev–Trinajstić information content (AvgIpc) is 3.53. The van der Waals surface area contributed by atoms with Gasteiger partial charge in [-0.05, 0) is 55.9 Å². The van der Waals surface area contributed by atoms with Crippen molar-refractivity contribution < 1.29 is 14.7 Å². The summed E-state index contributed by atoms with van der Waals surface area (Å²) in [5, 5.41) is 30.1. The molecule has 212 valence electrons. The van der Waals surface area contributed by atoms with Gasteiger partial charge in [-0.2, -0.15) is 0 Å². The third kappa shape index (κ3) is 4.92. The van der Waals surface area contributed by atoms with E-state index >= 15 is 0 Å². The zero-order valence-electron chi connectivity index (χ0n) is 23.0. The molecule has 0 radical (unpaired) electrons. The lowest BCUT2D eigenvalue weighted by Crippen LogP contribution is -2.36. The van der Waals surface area contributed by atoms with Gasteiger partial charge in [0.25, 0.3) is 0 Å². The first-order valence-corrected chi connectivity index (χ1v) is 14.4. The monoisotopic (exact) mass is 547 g/mol. The van der Waals surface area contributed by atoms with Crippen molar-refractivity contribution in [2.75, 3.05) is 11.9 Å². The molecule has 6 rings (SSSR count). The molecular formula is C29H37N7O4. The van der Waals surface area contributed by atoms with Crippen molar-refractivity contribution in [3.05, 3.63) is 52.3 Å². The van der Waals surface area contributed by atoms with Crippen LogP contribution in [-0.2, 0) is 12.1 Å².